The second-order valence-corrected chi connectivity index (χ2v) is 4.96. The summed E-state index contributed by atoms with van der Waals surface area (Å²) in [5.41, 5.74) is 1.41. The van der Waals surface area contributed by atoms with Gasteiger partial charge in [-0.3, -0.25) is 0 Å². The van der Waals surface area contributed by atoms with E-state index >= 15 is 0 Å². The Balaban J connectivity index is 2.87. The number of ether oxygens (including phenoxy) is 1. The molecule has 0 aliphatic heterocycles. The molecule has 0 aromatic heterocycles. The highest BCUT2D eigenvalue weighted by atomic mass is 16.5. The second kappa shape index (κ2) is 6.05. The van der Waals surface area contributed by atoms with E-state index in [0.29, 0.717) is 23.9 Å². The summed E-state index contributed by atoms with van der Waals surface area (Å²) in [7, 11) is 1.80. The van der Waals surface area contributed by atoms with Crippen molar-refractivity contribution in [2.24, 2.45) is 11.8 Å². The SMILES string of the molecule is COC(C)[C@@H](C(C)C)[C@@H](C)c1ccccc1. The molecule has 3 atom stereocenters. The molecule has 1 nitrogen and oxygen atoms in total. The lowest BCUT2D eigenvalue weighted by molar-refractivity contribution is 0.0366. The van der Waals surface area contributed by atoms with Crippen LogP contribution in [0, 0.1) is 11.8 Å². The van der Waals surface area contributed by atoms with E-state index in [0.717, 1.165) is 0 Å². The Kier molecular flexibility index (Phi) is 5.01. The number of hydrogen-bond acceptors (Lipinski definition) is 1. The lowest BCUT2D eigenvalue weighted by Gasteiger charge is -2.32. The molecule has 16 heavy (non-hydrogen) atoms. The van der Waals surface area contributed by atoms with Crippen LogP contribution >= 0.6 is 0 Å². The van der Waals surface area contributed by atoms with Gasteiger partial charge in [0.2, 0.25) is 0 Å². The normalized spacial score (nSPS) is 17.1. The minimum Gasteiger partial charge on any atom is -0.381 e. The van der Waals surface area contributed by atoms with Crippen LogP contribution in [0.4, 0.5) is 0 Å². The van der Waals surface area contributed by atoms with Crippen molar-refractivity contribution in [1.29, 1.82) is 0 Å². The van der Waals surface area contributed by atoms with Gasteiger partial charge in [-0.15, -0.1) is 0 Å². The minimum absolute atomic E-state index is 0.301. The third kappa shape index (κ3) is 3.08. The summed E-state index contributed by atoms with van der Waals surface area (Å²) in [4.78, 5) is 0. The molecule has 0 radical (unpaired) electrons. The zero-order chi connectivity index (χ0) is 12.1. The highest BCUT2D eigenvalue weighted by molar-refractivity contribution is 5.20. The molecule has 0 aliphatic carbocycles. The summed E-state index contributed by atoms with van der Waals surface area (Å²) in [5.74, 6) is 1.73. The number of methoxy groups -OCH3 is 1. The van der Waals surface area contributed by atoms with Crippen molar-refractivity contribution in [2.75, 3.05) is 7.11 Å². The minimum atomic E-state index is 0.301. The first-order valence-corrected chi connectivity index (χ1v) is 6.15. The third-order valence-electron chi connectivity index (χ3n) is 3.59. The van der Waals surface area contributed by atoms with Crippen molar-refractivity contribution in [1.82, 2.24) is 0 Å². The van der Waals surface area contributed by atoms with Crippen LogP contribution in [0.15, 0.2) is 30.3 Å². The van der Waals surface area contributed by atoms with Crippen molar-refractivity contribution in [2.45, 2.75) is 39.7 Å². The maximum Gasteiger partial charge on any atom is 0.0579 e. The smallest absolute Gasteiger partial charge is 0.0579 e. The maximum absolute atomic E-state index is 5.52. The molecule has 1 aromatic rings. The van der Waals surface area contributed by atoms with E-state index in [9.17, 15) is 0 Å². The Morgan fingerprint density at radius 1 is 0.938 bits per heavy atom. The Bertz CT molecular complexity index is 292. The van der Waals surface area contributed by atoms with Crippen LogP contribution in [0.1, 0.15) is 39.2 Å². The first kappa shape index (κ1) is 13.2. The molecule has 90 valence electrons. The van der Waals surface area contributed by atoms with E-state index in [-0.39, 0.29) is 0 Å². The van der Waals surface area contributed by atoms with Gasteiger partial charge in [-0.25, -0.2) is 0 Å². The van der Waals surface area contributed by atoms with Crippen LogP contribution in [0.25, 0.3) is 0 Å². The molecule has 1 heteroatoms. The quantitative estimate of drug-likeness (QED) is 0.726. The van der Waals surface area contributed by atoms with E-state index in [1.54, 1.807) is 7.11 Å². The van der Waals surface area contributed by atoms with E-state index < -0.39 is 0 Å². The first-order chi connectivity index (χ1) is 7.57. The average molecular weight is 220 g/mol. The fourth-order valence-electron chi connectivity index (χ4n) is 2.66. The van der Waals surface area contributed by atoms with Gasteiger partial charge in [0, 0.05) is 7.11 Å². The van der Waals surface area contributed by atoms with Crippen LogP contribution in [-0.4, -0.2) is 13.2 Å². The van der Waals surface area contributed by atoms with Gasteiger partial charge >= 0.3 is 0 Å². The fraction of sp³-hybridized carbons (Fsp3) is 0.600. The van der Waals surface area contributed by atoms with Gasteiger partial charge in [0.15, 0.2) is 0 Å². The van der Waals surface area contributed by atoms with Crippen molar-refractivity contribution in [3.63, 3.8) is 0 Å². The van der Waals surface area contributed by atoms with Gasteiger partial charge in [0.05, 0.1) is 6.10 Å². The van der Waals surface area contributed by atoms with Gasteiger partial charge in [-0.2, -0.15) is 0 Å². The molecule has 0 bridgehead atoms. The molecule has 0 amide bonds. The van der Waals surface area contributed by atoms with E-state index in [1.165, 1.54) is 5.56 Å². The maximum atomic E-state index is 5.52. The molecule has 1 aromatic carbocycles. The zero-order valence-electron chi connectivity index (χ0n) is 11.1. The summed E-state index contributed by atoms with van der Waals surface area (Å²) >= 11 is 0. The molecule has 0 N–H and O–H groups in total. The summed E-state index contributed by atoms with van der Waals surface area (Å²) in [6.07, 6.45) is 0.301. The average Bonchev–Trinajstić information content (AvgIpc) is 2.29. The summed E-state index contributed by atoms with van der Waals surface area (Å²) in [6.45, 7) is 9.03. The third-order valence-corrected chi connectivity index (χ3v) is 3.59. The van der Waals surface area contributed by atoms with Gasteiger partial charge in [-0.05, 0) is 30.2 Å². The van der Waals surface area contributed by atoms with Crippen LogP contribution in [0.3, 0.4) is 0 Å². The van der Waals surface area contributed by atoms with Crippen LogP contribution in [0.5, 0.6) is 0 Å². The predicted molar refractivity (Wildman–Crippen MR) is 69.7 cm³/mol. The van der Waals surface area contributed by atoms with Crippen molar-refractivity contribution < 1.29 is 4.74 Å². The van der Waals surface area contributed by atoms with Gasteiger partial charge in [-0.1, -0.05) is 51.1 Å². The Morgan fingerprint density at radius 3 is 1.94 bits per heavy atom. The van der Waals surface area contributed by atoms with Crippen LogP contribution in [-0.2, 0) is 4.74 Å². The molecule has 0 saturated heterocycles. The number of hydrogen-bond donors (Lipinski definition) is 0. The summed E-state index contributed by atoms with van der Waals surface area (Å²) in [6, 6.07) is 10.7. The molecule has 1 unspecified atom stereocenters. The van der Waals surface area contributed by atoms with Crippen LogP contribution < -0.4 is 0 Å². The Labute approximate surface area is 99.8 Å². The molecular weight excluding hydrogens is 196 g/mol. The topological polar surface area (TPSA) is 9.23 Å². The lowest BCUT2D eigenvalue weighted by Crippen LogP contribution is -2.29. The molecular formula is C15H24O. The van der Waals surface area contributed by atoms with Gasteiger partial charge < -0.3 is 4.74 Å². The largest absolute Gasteiger partial charge is 0.381 e. The molecule has 1 rings (SSSR count). The van der Waals surface area contributed by atoms with E-state index in [1.807, 2.05) is 0 Å². The number of benzene rings is 1. The fourth-order valence-corrected chi connectivity index (χ4v) is 2.66. The Morgan fingerprint density at radius 2 is 1.50 bits per heavy atom. The standard InChI is InChI=1S/C15H24O/c1-11(2)15(13(4)16-5)12(3)14-9-7-6-8-10-14/h6-13,15H,1-5H3/t12-,13?,15-/m0/s1. The molecule has 0 spiro atoms. The first-order valence-electron chi connectivity index (χ1n) is 6.15. The van der Waals surface area contributed by atoms with Crippen molar-refractivity contribution in [3.05, 3.63) is 35.9 Å². The summed E-state index contributed by atoms with van der Waals surface area (Å²) in [5, 5.41) is 0. The zero-order valence-corrected chi connectivity index (χ0v) is 11.1. The predicted octanol–water partition coefficient (Wildman–Crippen LogP) is 4.10. The van der Waals surface area contributed by atoms with Crippen LogP contribution in [0.2, 0.25) is 0 Å². The second-order valence-electron chi connectivity index (χ2n) is 4.96. The highest BCUT2D eigenvalue weighted by Crippen LogP contribution is 2.33. The highest BCUT2D eigenvalue weighted by Gasteiger charge is 2.27. The van der Waals surface area contributed by atoms with Gasteiger partial charge in [0.25, 0.3) is 0 Å². The van der Waals surface area contributed by atoms with Crippen molar-refractivity contribution in [3.8, 4) is 0 Å². The lowest BCUT2D eigenvalue weighted by atomic mass is 9.77. The molecule has 0 aliphatic rings. The van der Waals surface area contributed by atoms with Gasteiger partial charge in [0.1, 0.15) is 0 Å². The summed E-state index contributed by atoms with van der Waals surface area (Å²) < 4.78 is 5.52. The van der Waals surface area contributed by atoms with E-state index in [4.69, 9.17) is 4.74 Å². The molecule has 0 heterocycles. The number of rotatable bonds is 5. The van der Waals surface area contributed by atoms with E-state index in [2.05, 4.69) is 58.0 Å². The molecule has 0 fully saturated rings. The monoisotopic (exact) mass is 220 g/mol. The Hall–Kier alpha value is -0.820. The van der Waals surface area contributed by atoms with Crippen molar-refractivity contribution >= 4 is 0 Å². The molecule has 0 saturated carbocycles.